The average Bonchev–Trinajstić information content (AvgIpc) is 2.59. The Morgan fingerprint density at radius 3 is 2.17 bits per heavy atom. The fourth-order valence-corrected chi connectivity index (χ4v) is 3.25. The van der Waals surface area contributed by atoms with Gasteiger partial charge in [-0.05, 0) is 36.2 Å². The highest BCUT2D eigenvalue weighted by Gasteiger charge is 2.14. The second-order valence-corrected chi connectivity index (χ2v) is 7.07. The lowest BCUT2D eigenvalue weighted by Crippen LogP contribution is -2.35. The number of aliphatic carboxylic acids is 1. The molecule has 0 heterocycles. The van der Waals surface area contributed by atoms with Crippen molar-refractivity contribution in [2.45, 2.75) is 11.3 Å². The molecule has 2 aromatic carbocycles. The summed E-state index contributed by atoms with van der Waals surface area (Å²) >= 11 is 0. The van der Waals surface area contributed by atoms with Crippen molar-refractivity contribution >= 4 is 27.4 Å². The Morgan fingerprint density at radius 1 is 0.958 bits per heavy atom. The fraction of sp³-hybridized carbons (Fsp3) is 0.125. The summed E-state index contributed by atoms with van der Waals surface area (Å²) in [5, 5.41) is 8.44. The van der Waals surface area contributed by atoms with Crippen LogP contribution in [0.1, 0.15) is 5.56 Å². The quantitative estimate of drug-likeness (QED) is 0.535. The molecule has 2 rings (SSSR count). The number of carbonyl (C=O) groups excluding carboxylic acids is 1. The lowest BCUT2D eigenvalue weighted by Gasteiger charge is -2.08. The minimum Gasteiger partial charge on any atom is -0.474 e. The van der Waals surface area contributed by atoms with Crippen molar-refractivity contribution in [2.24, 2.45) is 0 Å². The van der Waals surface area contributed by atoms with Gasteiger partial charge in [0.2, 0.25) is 0 Å². The summed E-state index contributed by atoms with van der Waals surface area (Å²) in [6.45, 7) is 0. The summed E-state index contributed by atoms with van der Waals surface area (Å²) in [4.78, 5) is 21.5. The zero-order chi connectivity index (χ0) is 17.6. The molecule has 2 aromatic rings. The normalized spacial score (nSPS) is 10.8. The summed E-state index contributed by atoms with van der Waals surface area (Å²) in [5.74, 6) is -2.78. The Labute approximate surface area is 139 Å². The Hall–Kier alpha value is -2.87. The van der Waals surface area contributed by atoms with E-state index in [1.165, 1.54) is 0 Å². The van der Waals surface area contributed by atoms with Gasteiger partial charge in [-0.1, -0.05) is 30.3 Å². The van der Waals surface area contributed by atoms with Crippen LogP contribution < -0.4 is 10.9 Å². The number of amides is 1. The SMILES string of the molecule is O=C(O)C(=O)NNc1ccc(CCS(=O)(=O)c2ccccc2)cc1. The van der Waals surface area contributed by atoms with Gasteiger partial charge in [-0.15, -0.1) is 0 Å². The van der Waals surface area contributed by atoms with E-state index >= 15 is 0 Å². The van der Waals surface area contributed by atoms with E-state index < -0.39 is 21.7 Å². The van der Waals surface area contributed by atoms with Crippen molar-refractivity contribution in [1.29, 1.82) is 0 Å². The van der Waals surface area contributed by atoms with Gasteiger partial charge >= 0.3 is 11.9 Å². The fourth-order valence-electron chi connectivity index (χ4n) is 1.94. The van der Waals surface area contributed by atoms with E-state index in [2.05, 4.69) is 5.43 Å². The van der Waals surface area contributed by atoms with Gasteiger partial charge in [0.15, 0.2) is 9.84 Å². The second-order valence-electron chi connectivity index (χ2n) is 4.96. The molecule has 1 amide bonds. The van der Waals surface area contributed by atoms with Crippen LogP contribution in [0.3, 0.4) is 0 Å². The molecule has 0 saturated heterocycles. The molecule has 0 bridgehead atoms. The Bertz CT molecular complexity index is 817. The van der Waals surface area contributed by atoms with Crippen molar-refractivity contribution in [1.82, 2.24) is 5.43 Å². The molecule has 0 atom stereocenters. The number of hydrazine groups is 1. The van der Waals surface area contributed by atoms with Gasteiger partial charge in [-0.2, -0.15) is 0 Å². The summed E-state index contributed by atoms with van der Waals surface area (Å²) in [5.41, 5.74) is 5.76. The third kappa shape index (κ3) is 4.82. The van der Waals surface area contributed by atoms with Crippen LogP contribution in [-0.4, -0.2) is 31.2 Å². The van der Waals surface area contributed by atoms with E-state index in [1.807, 2.05) is 5.43 Å². The molecule has 3 N–H and O–H groups in total. The summed E-state index contributed by atoms with van der Waals surface area (Å²) in [6, 6.07) is 14.9. The number of aryl methyl sites for hydroxylation is 1. The molecule has 7 nitrogen and oxygen atoms in total. The number of anilines is 1. The first-order chi connectivity index (χ1) is 11.4. The van der Waals surface area contributed by atoms with Crippen LogP contribution >= 0.6 is 0 Å². The van der Waals surface area contributed by atoms with Crippen molar-refractivity contribution in [3.8, 4) is 0 Å². The molecular weight excluding hydrogens is 332 g/mol. The lowest BCUT2D eigenvalue weighted by molar-refractivity contribution is -0.149. The molecule has 0 aliphatic heterocycles. The van der Waals surface area contributed by atoms with Crippen LogP contribution in [0.4, 0.5) is 5.69 Å². The van der Waals surface area contributed by atoms with Crippen LogP contribution in [0.2, 0.25) is 0 Å². The van der Waals surface area contributed by atoms with Crippen molar-refractivity contribution in [2.75, 3.05) is 11.2 Å². The molecule has 0 radical (unpaired) electrons. The van der Waals surface area contributed by atoms with Crippen LogP contribution in [0, 0.1) is 0 Å². The number of rotatable bonds is 6. The minimum atomic E-state index is -3.34. The maximum Gasteiger partial charge on any atom is 0.396 e. The van der Waals surface area contributed by atoms with E-state index in [4.69, 9.17) is 5.11 Å². The highest BCUT2D eigenvalue weighted by atomic mass is 32.2. The highest BCUT2D eigenvalue weighted by Crippen LogP contribution is 2.14. The molecule has 24 heavy (non-hydrogen) atoms. The Balaban J connectivity index is 1.92. The maximum atomic E-state index is 12.2. The first-order valence-corrected chi connectivity index (χ1v) is 8.70. The largest absolute Gasteiger partial charge is 0.474 e. The number of carboxylic acid groups (broad SMARTS) is 1. The number of hydrogen-bond acceptors (Lipinski definition) is 5. The van der Waals surface area contributed by atoms with E-state index in [9.17, 15) is 18.0 Å². The number of sulfone groups is 1. The third-order valence-corrected chi connectivity index (χ3v) is 4.96. The molecule has 0 aromatic heterocycles. The Morgan fingerprint density at radius 2 is 1.58 bits per heavy atom. The van der Waals surface area contributed by atoms with Gasteiger partial charge in [0.25, 0.3) is 0 Å². The highest BCUT2D eigenvalue weighted by molar-refractivity contribution is 7.91. The first-order valence-electron chi connectivity index (χ1n) is 7.04. The van der Waals surface area contributed by atoms with Gasteiger partial charge in [-0.3, -0.25) is 15.6 Å². The van der Waals surface area contributed by atoms with Gasteiger partial charge in [0.1, 0.15) is 0 Å². The topological polar surface area (TPSA) is 113 Å². The predicted molar refractivity (Wildman–Crippen MR) is 88.0 cm³/mol. The van der Waals surface area contributed by atoms with E-state index in [-0.39, 0.29) is 5.75 Å². The molecule has 0 aliphatic carbocycles. The molecule has 0 aliphatic rings. The zero-order valence-electron chi connectivity index (χ0n) is 12.6. The van der Waals surface area contributed by atoms with Gasteiger partial charge < -0.3 is 5.11 Å². The molecule has 126 valence electrons. The molecule has 8 heteroatoms. The number of carboxylic acids is 1. The predicted octanol–water partition coefficient (Wildman–Crippen LogP) is 1.23. The van der Waals surface area contributed by atoms with Gasteiger partial charge in [0.05, 0.1) is 16.3 Å². The molecule has 0 spiro atoms. The number of hydrogen-bond donors (Lipinski definition) is 3. The Kier molecular flexibility index (Phi) is 5.54. The van der Waals surface area contributed by atoms with Crippen LogP contribution in [-0.2, 0) is 25.8 Å². The van der Waals surface area contributed by atoms with E-state index in [0.29, 0.717) is 17.0 Å². The third-order valence-electron chi connectivity index (χ3n) is 3.23. The lowest BCUT2D eigenvalue weighted by atomic mass is 10.1. The van der Waals surface area contributed by atoms with Crippen molar-refractivity contribution in [3.63, 3.8) is 0 Å². The van der Waals surface area contributed by atoms with Crippen LogP contribution in [0.25, 0.3) is 0 Å². The molecule has 0 unspecified atom stereocenters. The monoisotopic (exact) mass is 348 g/mol. The van der Waals surface area contributed by atoms with Crippen LogP contribution in [0.5, 0.6) is 0 Å². The minimum absolute atomic E-state index is 0.0143. The average molecular weight is 348 g/mol. The maximum absolute atomic E-state index is 12.2. The first kappa shape index (κ1) is 17.5. The van der Waals surface area contributed by atoms with E-state index in [1.54, 1.807) is 54.6 Å². The summed E-state index contributed by atoms with van der Waals surface area (Å²) < 4.78 is 24.4. The zero-order valence-corrected chi connectivity index (χ0v) is 13.4. The van der Waals surface area contributed by atoms with Crippen molar-refractivity contribution < 1.29 is 23.1 Å². The molecule has 0 saturated carbocycles. The van der Waals surface area contributed by atoms with Crippen LogP contribution in [0.15, 0.2) is 59.5 Å². The molecule has 0 fully saturated rings. The summed E-state index contributed by atoms with van der Waals surface area (Å²) in [7, 11) is -3.34. The standard InChI is InChI=1S/C16H16N2O5S/c19-15(16(20)21)18-17-13-8-6-12(7-9-13)10-11-24(22,23)14-4-2-1-3-5-14/h1-9,17H,10-11H2,(H,18,19)(H,20,21). The second kappa shape index (κ2) is 7.60. The number of benzene rings is 2. The summed E-state index contributed by atoms with van der Waals surface area (Å²) in [6.07, 6.45) is 0.346. The van der Waals surface area contributed by atoms with Crippen molar-refractivity contribution in [3.05, 3.63) is 60.2 Å². The van der Waals surface area contributed by atoms with Gasteiger partial charge in [0, 0.05) is 0 Å². The number of nitrogens with one attached hydrogen (secondary N) is 2. The van der Waals surface area contributed by atoms with E-state index in [0.717, 1.165) is 5.56 Å². The molecular formula is C16H16N2O5S. The smallest absolute Gasteiger partial charge is 0.396 e. The van der Waals surface area contributed by atoms with Gasteiger partial charge in [-0.25, -0.2) is 13.2 Å². The number of carbonyl (C=O) groups is 2.